The van der Waals surface area contributed by atoms with Crippen LogP contribution in [-0.2, 0) is 14.3 Å². The van der Waals surface area contributed by atoms with Crippen molar-refractivity contribution in [2.75, 3.05) is 13.2 Å². The molecule has 360 valence electrons. The van der Waals surface area contributed by atoms with Gasteiger partial charge in [-0.05, 0) is 57.8 Å². The molecule has 6 nitrogen and oxygen atoms in total. The van der Waals surface area contributed by atoms with Gasteiger partial charge in [-0.25, -0.2) is 0 Å². The minimum atomic E-state index is -0.669. The monoisotopic (exact) mass is 860 g/mol. The van der Waals surface area contributed by atoms with Gasteiger partial charge in [0.2, 0.25) is 5.91 Å². The Hall–Kier alpha value is -1.66. The lowest BCUT2D eigenvalue weighted by atomic mass is 10.0. The summed E-state index contributed by atoms with van der Waals surface area (Å²) in [7, 11) is 0. The minimum absolute atomic E-state index is 0.00710. The summed E-state index contributed by atoms with van der Waals surface area (Å²) in [4.78, 5) is 24.5. The highest BCUT2D eigenvalue weighted by Crippen LogP contribution is 2.17. The molecule has 0 aromatic carbocycles. The Kier molecular flexibility index (Phi) is 49.6. The van der Waals surface area contributed by atoms with E-state index < -0.39 is 12.1 Å². The van der Waals surface area contributed by atoms with E-state index in [1.165, 1.54) is 199 Å². The third-order valence-corrected chi connectivity index (χ3v) is 12.5. The van der Waals surface area contributed by atoms with Crippen molar-refractivity contribution in [3.63, 3.8) is 0 Å². The molecule has 2 unspecified atom stereocenters. The van der Waals surface area contributed by atoms with Crippen molar-refractivity contribution in [3.05, 3.63) is 24.3 Å². The van der Waals surface area contributed by atoms with Gasteiger partial charge in [0.15, 0.2) is 0 Å². The maximum atomic E-state index is 12.4. The lowest BCUT2D eigenvalue weighted by Crippen LogP contribution is -2.45. The van der Waals surface area contributed by atoms with E-state index in [4.69, 9.17) is 4.74 Å². The summed E-state index contributed by atoms with van der Waals surface area (Å²) in [6.45, 7) is 4.90. The number of allylic oxidation sites excluding steroid dienone is 4. The molecular formula is C55H105NO5. The first kappa shape index (κ1) is 59.3. The maximum absolute atomic E-state index is 12.4. The lowest BCUT2D eigenvalue weighted by molar-refractivity contribution is -0.143. The van der Waals surface area contributed by atoms with Crippen LogP contribution in [0.5, 0.6) is 0 Å². The van der Waals surface area contributed by atoms with E-state index in [2.05, 4.69) is 43.5 Å². The molecule has 6 heteroatoms. The summed E-state index contributed by atoms with van der Waals surface area (Å²) in [6, 6.07) is -0.547. The number of aliphatic hydroxyl groups is 2. The highest BCUT2D eigenvalue weighted by atomic mass is 16.5. The molecule has 0 bridgehead atoms. The summed E-state index contributed by atoms with van der Waals surface area (Å²) in [6.07, 6.45) is 60.1. The normalized spacial score (nSPS) is 12.8. The van der Waals surface area contributed by atoms with Gasteiger partial charge < -0.3 is 20.3 Å². The molecular weight excluding hydrogens is 755 g/mol. The van der Waals surface area contributed by atoms with E-state index in [9.17, 15) is 19.8 Å². The van der Waals surface area contributed by atoms with E-state index in [0.717, 1.165) is 57.8 Å². The Balaban J connectivity index is 3.42. The van der Waals surface area contributed by atoms with Gasteiger partial charge in [0.25, 0.3) is 0 Å². The number of hydrogen-bond donors (Lipinski definition) is 3. The second-order valence-corrected chi connectivity index (χ2v) is 18.6. The van der Waals surface area contributed by atoms with E-state index >= 15 is 0 Å². The third kappa shape index (κ3) is 47.7. The molecule has 0 heterocycles. The molecule has 0 saturated carbocycles. The van der Waals surface area contributed by atoms with Crippen LogP contribution in [0.25, 0.3) is 0 Å². The van der Waals surface area contributed by atoms with Crippen LogP contribution in [0.1, 0.15) is 290 Å². The number of carbonyl (C=O) groups is 2. The van der Waals surface area contributed by atoms with Gasteiger partial charge in [-0.15, -0.1) is 0 Å². The maximum Gasteiger partial charge on any atom is 0.305 e. The highest BCUT2D eigenvalue weighted by Gasteiger charge is 2.20. The van der Waals surface area contributed by atoms with Gasteiger partial charge in [0, 0.05) is 12.8 Å². The fourth-order valence-electron chi connectivity index (χ4n) is 8.32. The Morgan fingerprint density at radius 3 is 1.28 bits per heavy atom. The second kappa shape index (κ2) is 51.0. The average molecular weight is 860 g/mol. The summed E-state index contributed by atoms with van der Waals surface area (Å²) < 4.78 is 5.47. The Morgan fingerprint density at radius 2 is 0.820 bits per heavy atom. The summed E-state index contributed by atoms with van der Waals surface area (Å²) in [5, 5.41) is 23.2. The first-order valence-electron chi connectivity index (χ1n) is 27.1. The number of nitrogens with one attached hydrogen (secondary N) is 1. The van der Waals surface area contributed by atoms with Gasteiger partial charge in [0.1, 0.15) is 0 Å². The minimum Gasteiger partial charge on any atom is -0.466 e. The van der Waals surface area contributed by atoms with Crippen molar-refractivity contribution in [1.29, 1.82) is 0 Å². The molecule has 0 rings (SSSR count). The Bertz CT molecular complexity index is 951. The molecule has 2 atom stereocenters. The molecule has 0 aliphatic heterocycles. The van der Waals surface area contributed by atoms with E-state index in [0.29, 0.717) is 25.9 Å². The van der Waals surface area contributed by atoms with Gasteiger partial charge in [-0.2, -0.15) is 0 Å². The van der Waals surface area contributed by atoms with Crippen molar-refractivity contribution in [1.82, 2.24) is 5.32 Å². The predicted octanol–water partition coefficient (Wildman–Crippen LogP) is 16.3. The van der Waals surface area contributed by atoms with Gasteiger partial charge in [-0.3, -0.25) is 9.59 Å². The number of esters is 1. The van der Waals surface area contributed by atoms with Crippen molar-refractivity contribution < 1.29 is 24.5 Å². The van der Waals surface area contributed by atoms with Crippen molar-refractivity contribution >= 4 is 11.9 Å². The topological polar surface area (TPSA) is 95.9 Å². The first-order valence-corrected chi connectivity index (χ1v) is 27.1. The summed E-state index contributed by atoms with van der Waals surface area (Å²) in [5.74, 6) is -0.0512. The van der Waals surface area contributed by atoms with Crippen LogP contribution in [0.15, 0.2) is 24.3 Å². The van der Waals surface area contributed by atoms with Crippen LogP contribution in [0.2, 0.25) is 0 Å². The zero-order chi connectivity index (χ0) is 44.4. The summed E-state index contributed by atoms with van der Waals surface area (Å²) >= 11 is 0. The number of unbranched alkanes of at least 4 members (excludes halogenated alkanes) is 35. The molecule has 61 heavy (non-hydrogen) atoms. The molecule has 0 aromatic heterocycles. The van der Waals surface area contributed by atoms with Crippen molar-refractivity contribution in [2.24, 2.45) is 0 Å². The average Bonchev–Trinajstić information content (AvgIpc) is 3.26. The third-order valence-electron chi connectivity index (χ3n) is 12.5. The molecule has 0 saturated heterocycles. The van der Waals surface area contributed by atoms with Crippen LogP contribution in [-0.4, -0.2) is 47.4 Å². The van der Waals surface area contributed by atoms with Crippen molar-refractivity contribution in [2.45, 2.75) is 302 Å². The van der Waals surface area contributed by atoms with Crippen molar-refractivity contribution in [3.8, 4) is 0 Å². The molecule has 0 aromatic rings. The zero-order valence-corrected chi connectivity index (χ0v) is 40.9. The number of rotatable bonds is 50. The molecule has 3 N–H and O–H groups in total. The predicted molar refractivity (Wildman–Crippen MR) is 264 cm³/mol. The fourth-order valence-corrected chi connectivity index (χ4v) is 8.32. The molecule has 0 fully saturated rings. The van der Waals surface area contributed by atoms with Crippen LogP contribution < -0.4 is 5.32 Å². The summed E-state index contributed by atoms with van der Waals surface area (Å²) in [5.41, 5.74) is 0. The van der Waals surface area contributed by atoms with E-state index in [1.807, 2.05) is 0 Å². The molecule has 0 aliphatic rings. The Labute approximate surface area is 380 Å². The molecule has 1 amide bonds. The van der Waals surface area contributed by atoms with E-state index in [1.54, 1.807) is 0 Å². The Morgan fingerprint density at radius 1 is 0.459 bits per heavy atom. The van der Waals surface area contributed by atoms with Crippen LogP contribution in [0.3, 0.4) is 0 Å². The fraction of sp³-hybridized carbons (Fsp3) is 0.891. The highest BCUT2D eigenvalue weighted by molar-refractivity contribution is 5.76. The number of aliphatic hydroxyl groups excluding tert-OH is 2. The van der Waals surface area contributed by atoms with Gasteiger partial charge in [-0.1, -0.05) is 244 Å². The molecule has 0 spiro atoms. The first-order chi connectivity index (χ1) is 30.0. The number of carbonyl (C=O) groups excluding carboxylic acids is 2. The number of ether oxygens (including phenoxy) is 1. The standard InChI is InChI=1S/C55H105NO5/c1-3-5-7-9-11-13-15-17-18-19-22-25-29-33-37-41-45-49-55(60)61-50-46-42-38-34-30-26-23-20-21-24-28-32-36-40-44-48-54(59)56-52(51-57)53(58)47-43-39-35-31-27-16-14-12-10-8-6-4-2/h11,13,17-18,52-53,57-58H,3-10,12,14-16,19-51H2,1-2H3,(H,56,59)/b13-11-,18-17-. The van der Waals surface area contributed by atoms with Gasteiger partial charge in [0.05, 0.1) is 25.4 Å². The molecule has 0 aliphatic carbocycles. The van der Waals surface area contributed by atoms with Gasteiger partial charge >= 0.3 is 5.97 Å². The van der Waals surface area contributed by atoms with E-state index in [-0.39, 0.29) is 18.5 Å². The number of amides is 1. The largest absolute Gasteiger partial charge is 0.466 e. The SMILES string of the molecule is CCCCC/C=C\C/C=C\CCCCCCCCCC(=O)OCCCCCCCCCCCCCCCCCC(=O)NC(CO)C(O)CCCCCCCCCCCCCC. The van der Waals surface area contributed by atoms with Crippen LogP contribution in [0, 0.1) is 0 Å². The smallest absolute Gasteiger partial charge is 0.305 e. The number of hydrogen-bond acceptors (Lipinski definition) is 5. The van der Waals surface area contributed by atoms with Crippen LogP contribution >= 0.6 is 0 Å². The quantitative estimate of drug-likeness (QED) is 0.0322. The molecule has 0 radical (unpaired) electrons. The second-order valence-electron chi connectivity index (χ2n) is 18.6. The lowest BCUT2D eigenvalue weighted by Gasteiger charge is -2.22. The van der Waals surface area contributed by atoms with Crippen LogP contribution in [0.4, 0.5) is 0 Å². The zero-order valence-electron chi connectivity index (χ0n) is 40.9.